The second-order valence-electron chi connectivity index (χ2n) is 8.24. The van der Waals surface area contributed by atoms with Crippen molar-refractivity contribution in [3.8, 4) is 0 Å². The third-order valence-electron chi connectivity index (χ3n) is 5.62. The number of benzene rings is 1. The lowest BCUT2D eigenvalue weighted by Gasteiger charge is -2.45. The molecule has 0 radical (unpaired) electrons. The summed E-state index contributed by atoms with van der Waals surface area (Å²) in [6.07, 6.45) is 4.92. The van der Waals surface area contributed by atoms with E-state index in [1.807, 2.05) is 17.5 Å². The molecule has 3 heterocycles. The Bertz CT molecular complexity index is 918. The van der Waals surface area contributed by atoms with Crippen LogP contribution in [-0.4, -0.2) is 33.4 Å². The second-order valence-corrected chi connectivity index (χ2v) is 8.24. The van der Waals surface area contributed by atoms with Crippen LogP contribution in [0.2, 0.25) is 0 Å². The first-order chi connectivity index (χ1) is 13.0. The first-order valence-corrected chi connectivity index (χ1v) is 9.72. The van der Waals surface area contributed by atoms with Crippen LogP contribution in [0.5, 0.6) is 0 Å². The third kappa shape index (κ3) is 3.69. The van der Waals surface area contributed by atoms with E-state index in [1.54, 1.807) is 6.20 Å². The number of nitrogens with zero attached hydrogens (tertiary/aromatic N) is 3. The molecule has 0 amide bonds. The summed E-state index contributed by atoms with van der Waals surface area (Å²) < 4.78 is 7.90. The van der Waals surface area contributed by atoms with Crippen molar-refractivity contribution in [1.29, 1.82) is 0 Å². The number of rotatable bonds is 5. The van der Waals surface area contributed by atoms with Gasteiger partial charge < -0.3 is 10.1 Å². The van der Waals surface area contributed by atoms with E-state index < -0.39 is 0 Å². The molecule has 0 spiro atoms. The van der Waals surface area contributed by atoms with Crippen molar-refractivity contribution in [1.82, 2.24) is 14.6 Å². The molecule has 0 saturated carbocycles. The Kier molecular flexibility index (Phi) is 4.64. The molecule has 1 aliphatic heterocycles. The minimum Gasteiger partial charge on any atom is -0.376 e. The van der Waals surface area contributed by atoms with Gasteiger partial charge in [0.05, 0.1) is 11.8 Å². The summed E-state index contributed by atoms with van der Waals surface area (Å²) in [6.45, 7) is 8.11. The molecule has 0 aliphatic carbocycles. The summed E-state index contributed by atoms with van der Waals surface area (Å²) in [4.78, 5) is 4.52. The first-order valence-electron chi connectivity index (χ1n) is 9.72. The van der Waals surface area contributed by atoms with Gasteiger partial charge in [-0.25, -0.2) is 4.98 Å². The molecular weight excluding hydrogens is 336 g/mol. The molecule has 1 aliphatic rings. The van der Waals surface area contributed by atoms with Crippen LogP contribution >= 0.6 is 0 Å². The van der Waals surface area contributed by atoms with Crippen LogP contribution in [0.25, 0.3) is 5.65 Å². The highest BCUT2D eigenvalue weighted by Gasteiger charge is 2.41. The van der Waals surface area contributed by atoms with Crippen molar-refractivity contribution >= 4 is 11.5 Å². The summed E-state index contributed by atoms with van der Waals surface area (Å²) in [5.41, 5.74) is 3.31. The summed E-state index contributed by atoms with van der Waals surface area (Å²) in [6, 6.07) is 14.9. The average molecular weight is 364 g/mol. The maximum absolute atomic E-state index is 6.03. The zero-order valence-electron chi connectivity index (χ0n) is 16.4. The van der Waals surface area contributed by atoms with E-state index in [0.29, 0.717) is 0 Å². The van der Waals surface area contributed by atoms with Gasteiger partial charge >= 0.3 is 0 Å². The standard InChI is InChI=1S/C22H28N4O/c1-17-15-20(26-19(25-17)9-12-24-26)23-13-10-22(18-7-5-4-6-8-18)11-14-27-21(2,3)16-22/h4-9,12,15,23H,10-11,13-14,16H2,1-3H3. The largest absolute Gasteiger partial charge is 0.376 e. The van der Waals surface area contributed by atoms with Crippen molar-refractivity contribution in [2.24, 2.45) is 0 Å². The zero-order chi connectivity index (χ0) is 18.9. The Hall–Kier alpha value is -2.40. The van der Waals surface area contributed by atoms with Crippen molar-refractivity contribution in [3.63, 3.8) is 0 Å². The Morgan fingerprint density at radius 2 is 2.00 bits per heavy atom. The van der Waals surface area contributed by atoms with Crippen LogP contribution in [-0.2, 0) is 10.2 Å². The van der Waals surface area contributed by atoms with Crippen LogP contribution in [0, 0.1) is 6.92 Å². The lowest BCUT2D eigenvalue weighted by atomic mass is 9.67. The number of fused-ring (bicyclic) bond motifs is 1. The lowest BCUT2D eigenvalue weighted by molar-refractivity contribution is -0.0835. The van der Waals surface area contributed by atoms with E-state index in [9.17, 15) is 0 Å². The van der Waals surface area contributed by atoms with Crippen molar-refractivity contribution in [3.05, 3.63) is 59.9 Å². The molecule has 27 heavy (non-hydrogen) atoms. The van der Waals surface area contributed by atoms with Gasteiger partial charge in [0, 0.05) is 36.4 Å². The molecule has 1 saturated heterocycles. The van der Waals surface area contributed by atoms with Crippen LogP contribution in [0.1, 0.15) is 44.4 Å². The van der Waals surface area contributed by atoms with Crippen LogP contribution in [0.4, 0.5) is 5.82 Å². The van der Waals surface area contributed by atoms with E-state index in [2.05, 4.69) is 65.6 Å². The Balaban J connectivity index is 1.57. The minimum absolute atomic E-state index is 0.101. The molecule has 1 fully saturated rings. The maximum atomic E-state index is 6.03. The van der Waals surface area contributed by atoms with Gasteiger partial charge in [-0.1, -0.05) is 30.3 Å². The number of ether oxygens (including phenoxy) is 1. The second kappa shape index (κ2) is 6.97. The summed E-state index contributed by atoms with van der Waals surface area (Å²) in [7, 11) is 0. The number of hydrogen-bond donors (Lipinski definition) is 1. The van der Waals surface area contributed by atoms with Crippen LogP contribution < -0.4 is 5.32 Å². The Morgan fingerprint density at radius 1 is 1.19 bits per heavy atom. The molecule has 1 N–H and O–H groups in total. The molecular formula is C22H28N4O. The highest BCUT2D eigenvalue weighted by atomic mass is 16.5. The predicted molar refractivity (Wildman–Crippen MR) is 108 cm³/mol. The fourth-order valence-electron chi connectivity index (χ4n) is 4.47. The SMILES string of the molecule is Cc1cc(NCCC2(c3ccccc3)CCOC(C)(C)C2)n2nccc2n1. The third-order valence-corrected chi connectivity index (χ3v) is 5.62. The molecule has 142 valence electrons. The molecule has 2 aromatic heterocycles. The highest BCUT2D eigenvalue weighted by Crippen LogP contribution is 2.43. The Morgan fingerprint density at radius 3 is 2.78 bits per heavy atom. The van der Waals surface area contributed by atoms with Gasteiger partial charge in [-0.05, 0) is 45.6 Å². The number of aromatic nitrogens is 3. The highest BCUT2D eigenvalue weighted by molar-refractivity contribution is 5.48. The van der Waals surface area contributed by atoms with Gasteiger partial charge in [-0.15, -0.1) is 0 Å². The molecule has 0 bridgehead atoms. The molecule has 1 unspecified atom stereocenters. The lowest BCUT2D eigenvalue weighted by Crippen LogP contribution is -2.45. The van der Waals surface area contributed by atoms with E-state index in [1.165, 1.54) is 5.56 Å². The topological polar surface area (TPSA) is 51.5 Å². The monoisotopic (exact) mass is 364 g/mol. The van der Waals surface area contributed by atoms with Crippen LogP contribution in [0.3, 0.4) is 0 Å². The van der Waals surface area contributed by atoms with Crippen molar-refractivity contribution < 1.29 is 4.74 Å². The normalized spacial score (nSPS) is 22.0. The van der Waals surface area contributed by atoms with Crippen LogP contribution in [0.15, 0.2) is 48.7 Å². The van der Waals surface area contributed by atoms with E-state index >= 15 is 0 Å². The quantitative estimate of drug-likeness (QED) is 0.730. The van der Waals surface area contributed by atoms with E-state index in [-0.39, 0.29) is 11.0 Å². The van der Waals surface area contributed by atoms with Gasteiger partial charge in [-0.2, -0.15) is 9.61 Å². The fraction of sp³-hybridized carbons (Fsp3) is 0.455. The molecule has 4 rings (SSSR count). The molecule has 5 nitrogen and oxygen atoms in total. The van der Waals surface area contributed by atoms with Gasteiger partial charge in [0.1, 0.15) is 5.82 Å². The van der Waals surface area contributed by atoms with Gasteiger partial charge in [0.2, 0.25) is 0 Å². The molecule has 5 heteroatoms. The number of anilines is 1. The maximum Gasteiger partial charge on any atom is 0.157 e. The summed E-state index contributed by atoms with van der Waals surface area (Å²) in [5, 5.41) is 8.00. The molecule has 1 atom stereocenters. The summed E-state index contributed by atoms with van der Waals surface area (Å²) in [5.74, 6) is 0.997. The molecule has 3 aromatic rings. The van der Waals surface area contributed by atoms with Gasteiger partial charge in [0.25, 0.3) is 0 Å². The van der Waals surface area contributed by atoms with Gasteiger partial charge in [0.15, 0.2) is 5.65 Å². The Labute approximate surface area is 160 Å². The average Bonchev–Trinajstić information content (AvgIpc) is 3.10. The number of aryl methyl sites for hydroxylation is 1. The first kappa shape index (κ1) is 18.0. The minimum atomic E-state index is -0.101. The predicted octanol–water partition coefficient (Wildman–Crippen LogP) is 4.37. The number of nitrogens with one attached hydrogen (secondary N) is 1. The van der Waals surface area contributed by atoms with E-state index in [0.717, 1.165) is 49.6 Å². The molecule has 1 aromatic carbocycles. The van der Waals surface area contributed by atoms with E-state index in [4.69, 9.17) is 4.74 Å². The summed E-state index contributed by atoms with van der Waals surface area (Å²) >= 11 is 0. The smallest absolute Gasteiger partial charge is 0.157 e. The zero-order valence-corrected chi connectivity index (χ0v) is 16.4. The fourth-order valence-corrected chi connectivity index (χ4v) is 4.47. The number of hydrogen-bond acceptors (Lipinski definition) is 4. The van der Waals surface area contributed by atoms with Crippen molar-refractivity contribution in [2.75, 3.05) is 18.5 Å². The van der Waals surface area contributed by atoms with Gasteiger partial charge in [-0.3, -0.25) is 0 Å². The van der Waals surface area contributed by atoms with Crippen molar-refractivity contribution in [2.45, 2.75) is 51.0 Å².